The predicted molar refractivity (Wildman–Crippen MR) is 540 cm³/mol. The van der Waals surface area contributed by atoms with Gasteiger partial charge in [-0.05, 0) is 236 Å². The number of pyridine rings is 3. The highest BCUT2D eigenvalue weighted by Gasteiger charge is 2.34. The highest BCUT2D eigenvalue weighted by molar-refractivity contribution is 7.90. The summed E-state index contributed by atoms with van der Waals surface area (Å²) in [5.74, 6) is -0.455. The molecule has 0 saturated carbocycles. The number of amides is 10. The van der Waals surface area contributed by atoms with Gasteiger partial charge in [-0.1, -0.05) is 62.4 Å². The van der Waals surface area contributed by atoms with Crippen molar-refractivity contribution in [2.24, 2.45) is 14.1 Å². The predicted octanol–water partition coefficient (Wildman–Crippen LogP) is 12.7. The van der Waals surface area contributed by atoms with E-state index in [1.165, 1.54) is 82.7 Å². The number of anilines is 4. The van der Waals surface area contributed by atoms with Crippen molar-refractivity contribution in [3.63, 3.8) is 0 Å². The van der Waals surface area contributed by atoms with Crippen LogP contribution < -0.4 is 54.4 Å². The number of rotatable bonds is 29. The average molecular weight is 2050 g/mol. The molecule has 3 aliphatic carbocycles. The lowest BCUT2D eigenvalue weighted by Gasteiger charge is -2.28. The maximum Gasteiger partial charge on any atom is 0.333 e. The van der Waals surface area contributed by atoms with Crippen molar-refractivity contribution in [3.05, 3.63) is 226 Å². The van der Waals surface area contributed by atoms with Gasteiger partial charge < -0.3 is 55.1 Å². The van der Waals surface area contributed by atoms with Crippen molar-refractivity contribution in [3.8, 4) is 68.2 Å². The number of nitrogens with zero attached hydrogens (tertiary/aromatic N) is 16. The summed E-state index contributed by atoms with van der Waals surface area (Å²) >= 11 is 0. The monoisotopic (exact) mass is 2050 g/mol. The van der Waals surface area contributed by atoms with Gasteiger partial charge in [0.05, 0.1) is 65.9 Å². The number of aromatic nitrogens is 11. The Kier molecular flexibility index (Phi) is 34.0. The first kappa shape index (κ1) is 108. The van der Waals surface area contributed by atoms with Crippen LogP contribution >= 0.6 is 0 Å². The maximum absolute atomic E-state index is 14.6. The minimum absolute atomic E-state index is 0.0239. The van der Waals surface area contributed by atoms with Gasteiger partial charge >= 0.3 is 24.1 Å². The van der Waals surface area contributed by atoms with Crippen molar-refractivity contribution in [2.45, 2.75) is 157 Å². The van der Waals surface area contributed by atoms with Crippen molar-refractivity contribution in [1.29, 1.82) is 5.26 Å². The van der Waals surface area contributed by atoms with Crippen LogP contribution in [0.2, 0.25) is 0 Å². The van der Waals surface area contributed by atoms with Gasteiger partial charge in [0, 0.05) is 145 Å². The van der Waals surface area contributed by atoms with Crippen LogP contribution in [0.15, 0.2) is 178 Å². The summed E-state index contributed by atoms with van der Waals surface area (Å²) in [5, 5.41) is 35.0. The quantitative estimate of drug-likeness (QED) is 0.0216. The smallest absolute Gasteiger partial charge is 0.333 e. The topological polar surface area (TPSA) is 510 Å². The van der Waals surface area contributed by atoms with E-state index < -0.39 is 97.4 Å². The molecule has 0 fully saturated rings. The zero-order chi connectivity index (χ0) is 105. The molecule has 0 bridgehead atoms. The number of carbonyl (C=O) groups excluding carboxylic acids is 6. The summed E-state index contributed by atoms with van der Waals surface area (Å²) in [6, 6.07) is 35.3. The highest BCUT2D eigenvalue weighted by Crippen LogP contribution is 2.43. The van der Waals surface area contributed by atoms with Gasteiger partial charge in [0.15, 0.2) is 20.1 Å². The number of nitriles is 1. The Morgan fingerprint density at radius 2 is 0.875 bits per heavy atom. The Labute approximate surface area is 835 Å². The Morgan fingerprint density at radius 1 is 0.472 bits per heavy atom. The minimum Gasteiger partial charge on any atom is -0.481 e. The molecule has 762 valence electrons. The molecule has 7 aromatic heterocycles. The van der Waals surface area contributed by atoms with Crippen LogP contribution in [0.3, 0.4) is 0 Å². The van der Waals surface area contributed by atoms with Gasteiger partial charge in [0.25, 0.3) is 51.9 Å². The lowest BCUT2D eigenvalue weighted by Crippen LogP contribution is -2.38. The molecule has 0 radical (unpaired) electrons. The number of sulfonamides is 4. The van der Waals surface area contributed by atoms with Gasteiger partial charge in [0.2, 0.25) is 17.6 Å². The standard InChI is InChI=1S/C25H31FN6O5S.C25H32N6O4S.C25H28N6O3S.C23H26N6O5S/c1-14(2)18-11-17(26)12-19(16-8-9-27-21(10-16)37-15(3)4)23(18)28-25(34)30-38(35,36)22-13-20(32(7)29-22)24(33)31(5)6;1-25(2,16-30(3)4)31-14-12-22(28-31)36(33,34)29-24(32)27-23-19-8-6-7-17(19)9-10-20(23)18-11-13-26-21(15-18)35-5;1-4-31-20(16-30(2)3)14-23(28-31)35(33,34)29-25(32)27-24-21-10-6-8-18(21)11-12-22(24)19-9-5-7-17(13-19)15-26;1-28(2)22(30)18-13-20(26-29(18)3)35(32,33)27-23(31)25-21-16-7-5-6-14(16)8-9-17(21)15-10-11-24-19(12-15)34-4/h8-15H,1-7H3,(H2,28,30,34);9-15H,6-8,16H2,1-5H3,(H2,27,29,32);5,7,9,11-14H,4,6,8,10,16H2,1-3H3,(H2,27,29,32);8-13H,5-7H2,1-4H3,(H2,25,27,31). The van der Waals surface area contributed by atoms with Crippen LogP contribution in [-0.2, 0) is 111 Å². The molecule has 7 heterocycles. The number of halogens is 1. The number of likely N-dealkylation sites (N-methyl/N-ethyl adjacent to an activating group) is 1. The molecular weight excluding hydrogens is 1930 g/mol. The maximum atomic E-state index is 14.6. The molecular formula is C98H117FN24O17S4. The fraction of sp³-hybridized carbons (Fsp3) is 0.347. The van der Waals surface area contributed by atoms with E-state index in [0.29, 0.717) is 76.6 Å². The molecule has 41 nitrogen and oxygen atoms in total. The van der Waals surface area contributed by atoms with Crippen LogP contribution in [0.5, 0.6) is 17.6 Å². The van der Waals surface area contributed by atoms with E-state index >= 15 is 0 Å². The number of aryl methyl sites for hydroxylation is 6. The minimum atomic E-state index is -4.45. The molecule has 0 aliphatic heterocycles. The Morgan fingerprint density at radius 3 is 1.27 bits per heavy atom. The van der Waals surface area contributed by atoms with Gasteiger partial charge in [-0.25, -0.2) is 57.4 Å². The van der Waals surface area contributed by atoms with Crippen molar-refractivity contribution in [1.82, 2.24) is 92.6 Å². The molecule has 15 rings (SSSR count). The zero-order valence-corrected chi connectivity index (χ0v) is 86.5. The van der Waals surface area contributed by atoms with E-state index in [1.54, 1.807) is 90.6 Å². The molecule has 12 aromatic rings. The van der Waals surface area contributed by atoms with Gasteiger partial charge in [-0.2, -0.15) is 59.3 Å². The molecule has 0 spiro atoms. The Hall–Kier alpha value is -15.1. The second-order valence-corrected chi connectivity index (χ2v) is 42.7. The Balaban J connectivity index is 0.000000171. The summed E-state index contributed by atoms with van der Waals surface area (Å²) < 4.78 is 148. The lowest BCUT2D eigenvalue weighted by molar-refractivity contribution is 0.0809. The number of nitrogens with one attached hydrogen (secondary N) is 8. The molecule has 144 heavy (non-hydrogen) atoms. The van der Waals surface area contributed by atoms with Gasteiger partial charge in [0.1, 0.15) is 17.2 Å². The van der Waals surface area contributed by atoms with Crippen molar-refractivity contribution in [2.75, 3.05) is 98.4 Å². The van der Waals surface area contributed by atoms with Crippen LogP contribution in [-0.4, -0.2) is 227 Å². The van der Waals surface area contributed by atoms with Crippen molar-refractivity contribution >= 4 is 98.8 Å². The normalized spacial score (nSPS) is 12.6. The first-order valence-electron chi connectivity index (χ1n) is 45.7. The van der Waals surface area contributed by atoms with Crippen LogP contribution in [0.1, 0.15) is 145 Å². The molecule has 0 unspecified atom stereocenters. The third-order valence-corrected chi connectivity index (χ3v) is 28.1. The first-order chi connectivity index (χ1) is 68.0. The fourth-order valence-electron chi connectivity index (χ4n) is 16.8. The van der Waals surface area contributed by atoms with Crippen molar-refractivity contribution < 1.29 is 81.0 Å². The van der Waals surface area contributed by atoms with E-state index in [-0.39, 0.29) is 39.1 Å². The SMILES string of the molecule is CC(C)Oc1cc(-c2cc(F)cc(C(C)C)c2NC(=O)NS(=O)(=O)c2cc(C(=O)N(C)C)n(C)n2)ccn1.CCn1nc(S(=O)(=O)NC(=O)Nc2c(-c3cccc(C#N)c3)ccc3c2CCC3)cc1CN(C)C.COc1cc(-c2ccc3c(c2NC(=O)NS(=O)(=O)c2cc(C(=O)N(C)C)n(C)n2)CCC3)ccn1.COc1cc(-c2ccc3c(c2NC(=O)NS(=O)(=O)c2ccn(C(C)(C)CN(C)C)n2)CCC3)ccn1. The first-order valence-corrected chi connectivity index (χ1v) is 51.7. The number of urea groups is 4. The average Bonchev–Trinajstić information content (AvgIpc) is 1.69. The number of benzene rings is 5. The van der Waals surface area contributed by atoms with Crippen LogP contribution in [0.25, 0.3) is 44.5 Å². The van der Waals surface area contributed by atoms with E-state index in [1.807, 2.05) is 144 Å². The summed E-state index contributed by atoms with van der Waals surface area (Å²) in [6.07, 6.45) is 14.0. The second-order valence-electron chi connectivity index (χ2n) is 36.2. The lowest BCUT2D eigenvalue weighted by atomic mass is 9.94. The number of carbonyl (C=O) groups is 6. The second kappa shape index (κ2) is 45.5. The molecule has 46 heteroatoms. The highest BCUT2D eigenvalue weighted by atomic mass is 32.2. The summed E-state index contributed by atoms with van der Waals surface area (Å²) in [6.45, 7) is 14.8. The number of methoxy groups -OCH3 is 2. The zero-order valence-electron chi connectivity index (χ0n) is 83.3. The number of hydrogen-bond donors (Lipinski definition) is 8. The third kappa shape index (κ3) is 26.1. The summed E-state index contributed by atoms with van der Waals surface area (Å²) in [4.78, 5) is 95.2. The summed E-state index contributed by atoms with van der Waals surface area (Å²) in [7, 11) is 2.53. The Bertz CT molecular complexity index is 7410. The van der Waals surface area contributed by atoms with E-state index in [4.69, 9.17) is 14.2 Å². The fourth-order valence-corrected chi connectivity index (χ4v) is 20.3. The van der Waals surface area contributed by atoms with E-state index in [9.17, 15) is 72.1 Å². The van der Waals surface area contributed by atoms with E-state index in [2.05, 4.69) is 72.1 Å². The molecule has 8 N–H and O–H groups in total. The molecule has 3 aliphatic rings. The molecule has 0 atom stereocenters. The molecule has 10 amide bonds. The number of fused-ring (bicyclic) bond motifs is 3. The molecule has 5 aromatic carbocycles. The molecule has 0 saturated heterocycles. The largest absolute Gasteiger partial charge is 0.481 e. The third-order valence-electron chi connectivity index (χ3n) is 23.3. The van der Waals surface area contributed by atoms with Crippen LogP contribution in [0.4, 0.5) is 46.3 Å². The number of hydrogen-bond acceptors (Lipinski definition) is 27. The number of ether oxygens (including phenoxy) is 3. The van der Waals surface area contributed by atoms with Crippen LogP contribution in [0, 0.1) is 17.1 Å². The van der Waals surface area contributed by atoms with Gasteiger partial charge in [-0.3, -0.25) is 28.3 Å². The van der Waals surface area contributed by atoms with Gasteiger partial charge in [-0.15, -0.1) is 0 Å². The summed E-state index contributed by atoms with van der Waals surface area (Å²) in [5.41, 5.74) is 14.9. The van der Waals surface area contributed by atoms with E-state index in [0.717, 1.165) is 152 Å².